The first-order valence-corrected chi connectivity index (χ1v) is 13.5. The monoisotopic (exact) mass is 543 g/mol. The average Bonchev–Trinajstić information content (AvgIpc) is 3.37. The van der Waals surface area contributed by atoms with E-state index in [0.29, 0.717) is 18.9 Å². The van der Waals surface area contributed by atoms with Crippen molar-refractivity contribution < 1.29 is 9.47 Å². The molecule has 39 heavy (non-hydrogen) atoms. The zero-order valence-electron chi connectivity index (χ0n) is 21.8. The second-order valence-electron chi connectivity index (χ2n) is 9.58. The van der Waals surface area contributed by atoms with Gasteiger partial charge >= 0.3 is 0 Å². The summed E-state index contributed by atoms with van der Waals surface area (Å²) < 4.78 is 12.8. The summed E-state index contributed by atoms with van der Waals surface area (Å²) in [4.78, 5) is 21.0. The fourth-order valence-electron chi connectivity index (χ4n) is 4.98. The number of nitrogens with zero attached hydrogens (tertiary/aromatic N) is 6. The maximum atomic E-state index is 6.61. The van der Waals surface area contributed by atoms with Crippen LogP contribution in [0.15, 0.2) is 61.2 Å². The molecule has 1 saturated heterocycles. The highest BCUT2D eigenvalue weighted by atomic mass is 35.5. The number of imidazole rings is 1. The third kappa shape index (κ3) is 5.66. The molecule has 2 aromatic carbocycles. The molecule has 0 aliphatic carbocycles. The SMILES string of the molecule is COc1ccc(Cn2cnc3c(NCCc4cc5cccc(Cl)c5c(CN5CCOCC5)n4)ncnc32)cc1. The van der Waals surface area contributed by atoms with Gasteiger partial charge in [-0.15, -0.1) is 0 Å². The highest BCUT2D eigenvalue weighted by Crippen LogP contribution is 2.28. The Kier molecular flexibility index (Phi) is 7.53. The Bertz CT molecular complexity index is 1580. The van der Waals surface area contributed by atoms with Crippen molar-refractivity contribution in [3.63, 3.8) is 0 Å². The lowest BCUT2D eigenvalue weighted by molar-refractivity contribution is 0.0338. The molecular weight excluding hydrogens is 514 g/mol. The van der Waals surface area contributed by atoms with Crippen LogP contribution in [0.4, 0.5) is 5.82 Å². The number of nitrogens with one attached hydrogen (secondary N) is 1. The summed E-state index contributed by atoms with van der Waals surface area (Å²) in [5, 5.41) is 6.33. The number of morpholine rings is 1. The number of ether oxygens (including phenoxy) is 2. The molecule has 1 aliphatic heterocycles. The lowest BCUT2D eigenvalue weighted by atomic mass is 10.1. The maximum Gasteiger partial charge on any atom is 0.165 e. The molecule has 0 spiro atoms. The number of halogens is 1. The minimum Gasteiger partial charge on any atom is -0.497 e. The molecule has 6 rings (SSSR count). The number of hydrogen-bond acceptors (Lipinski definition) is 8. The maximum absolute atomic E-state index is 6.61. The van der Waals surface area contributed by atoms with Crippen LogP contribution in [-0.2, 0) is 24.2 Å². The van der Waals surface area contributed by atoms with Gasteiger partial charge in [0.25, 0.3) is 0 Å². The van der Waals surface area contributed by atoms with E-state index in [1.165, 1.54) is 0 Å². The summed E-state index contributed by atoms with van der Waals surface area (Å²) in [5.41, 5.74) is 4.69. The van der Waals surface area contributed by atoms with Gasteiger partial charge in [0.1, 0.15) is 17.6 Å². The van der Waals surface area contributed by atoms with Gasteiger partial charge in [-0.05, 0) is 35.2 Å². The Hall–Kier alpha value is -3.79. The van der Waals surface area contributed by atoms with Gasteiger partial charge in [0, 0.05) is 43.7 Å². The first kappa shape index (κ1) is 25.5. The Morgan fingerprint density at radius 2 is 1.87 bits per heavy atom. The van der Waals surface area contributed by atoms with E-state index < -0.39 is 0 Å². The van der Waals surface area contributed by atoms with Crippen LogP contribution < -0.4 is 10.1 Å². The fourth-order valence-corrected chi connectivity index (χ4v) is 5.27. The van der Waals surface area contributed by atoms with E-state index in [9.17, 15) is 0 Å². The molecule has 3 aromatic heterocycles. The topological polar surface area (TPSA) is 90.2 Å². The van der Waals surface area contributed by atoms with Gasteiger partial charge < -0.3 is 19.4 Å². The quantitative estimate of drug-likeness (QED) is 0.289. The smallest absolute Gasteiger partial charge is 0.165 e. The molecule has 1 N–H and O–H groups in total. The average molecular weight is 544 g/mol. The van der Waals surface area contributed by atoms with E-state index in [1.54, 1.807) is 19.8 Å². The zero-order valence-corrected chi connectivity index (χ0v) is 22.6. The second-order valence-corrected chi connectivity index (χ2v) is 9.99. The van der Waals surface area contributed by atoms with Gasteiger partial charge in [0.2, 0.25) is 0 Å². The van der Waals surface area contributed by atoms with Crippen molar-refractivity contribution in [2.45, 2.75) is 19.5 Å². The zero-order chi connectivity index (χ0) is 26.6. The molecule has 5 aromatic rings. The van der Waals surface area contributed by atoms with Crippen molar-refractivity contribution in [1.82, 2.24) is 29.4 Å². The number of anilines is 1. The third-order valence-electron chi connectivity index (χ3n) is 7.00. The number of rotatable bonds is 9. The van der Waals surface area contributed by atoms with Gasteiger partial charge in [-0.1, -0.05) is 35.9 Å². The lowest BCUT2D eigenvalue weighted by Gasteiger charge is -2.27. The van der Waals surface area contributed by atoms with Crippen LogP contribution in [0.2, 0.25) is 5.02 Å². The Labute approximate surface area is 231 Å². The summed E-state index contributed by atoms with van der Waals surface area (Å²) in [6.07, 6.45) is 4.12. The van der Waals surface area contributed by atoms with Gasteiger partial charge in [0.05, 0.1) is 43.9 Å². The predicted molar refractivity (Wildman–Crippen MR) is 152 cm³/mol. The van der Waals surface area contributed by atoms with E-state index in [4.69, 9.17) is 26.1 Å². The molecule has 10 heteroatoms. The third-order valence-corrected chi connectivity index (χ3v) is 7.31. The predicted octanol–water partition coefficient (Wildman–Crippen LogP) is 4.57. The van der Waals surface area contributed by atoms with Gasteiger partial charge in [-0.2, -0.15) is 0 Å². The van der Waals surface area contributed by atoms with Gasteiger partial charge in [0.15, 0.2) is 11.5 Å². The Morgan fingerprint density at radius 1 is 1.03 bits per heavy atom. The summed E-state index contributed by atoms with van der Waals surface area (Å²) >= 11 is 6.61. The highest BCUT2D eigenvalue weighted by Gasteiger charge is 2.16. The first-order chi connectivity index (χ1) is 19.2. The molecular formula is C29H30ClN7O2. The molecule has 0 bridgehead atoms. The van der Waals surface area contributed by atoms with Gasteiger partial charge in [-0.25, -0.2) is 15.0 Å². The number of aromatic nitrogens is 5. The van der Waals surface area contributed by atoms with E-state index in [-0.39, 0.29) is 0 Å². The summed E-state index contributed by atoms with van der Waals surface area (Å²) in [7, 11) is 1.67. The summed E-state index contributed by atoms with van der Waals surface area (Å²) in [5.74, 6) is 1.55. The Morgan fingerprint density at radius 3 is 2.69 bits per heavy atom. The molecule has 200 valence electrons. The molecule has 0 atom stereocenters. The molecule has 0 amide bonds. The van der Waals surface area contributed by atoms with E-state index >= 15 is 0 Å². The van der Waals surface area contributed by atoms with E-state index in [2.05, 4.69) is 37.3 Å². The van der Waals surface area contributed by atoms with Crippen LogP contribution >= 0.6 is 11.6 Å². The van der Waals surface area contributed by atoms with Crippen molar-refractivity contribution in [2.75, 3.05) is 45.3 Å². The van der Waals surface area contributed by atoms with Crippen molar-refractivity contribution in [3.05, 3.63) is 83.2 Å². The second kappa shape index (κ2) is 11.5. The van der Waals surface area contributed by atoms with E-state index in [0.717, 1.165) is 88.9 Å². The number of benzene rings is 2. The van der Waals surface area contributed by atoms with Crippen molar-refractivity contribution >= 4 is 39.4 Å². The van der Waals surface area contributed by atoms with Crippen LogP contribution in [0.5, 0.6) is 5.75 Å². The molecule has 0 radical (unpaired) electrons. The van der Waals surface area contributed by atoms with Crippen molar-refractivity contribution in [1.29, 1.82) is 0 Å². The van der Waals surface area contributed by atoms with Crippen LogP contribution in [0, 0.1) is 0 Å². The van der Waals surface area contributed by atoms with Crippen LogP contribution in [-0.4, -0.2) is 69.4 Å². The molecule has 1 fully saturated rings. The minimum atomic E-state index is 0.659. The molecule has 0 saturated carbocycles. The lowest BCUT2D eigenvalue weighted by Crippen LogP contribution is -2.36. The molecule has 4 heterocycles. The Balaban J connectivity index is 1.18. The van der Waals surface area contributed by atoms with Crippen molar-refractivity contribution in [2.24, 2.45) is 0 Å². The van der Waals surface area contributed by atoms with Crippen molar-refractivity contribution in [3.8, 4) is 5.75 Å². The summed E-state index contributed by atoms with van der Waals surface area (Å²) in [6.45, 7) is 5.36. The number of fused-ring (bicyclic) bond motifs is 2. The molecule has 0 unspecified atom stereocenters. The molecule has 1 aliphatic rings. The number of pyridine rings is 1. The number of methoxy groups -OCH3 is 1. The first-order valence-electron chi connectivity index (χ1n) is 13.1. The largest absolute Gasteiger partial charge is 0.497 e. The minimum absolute atomic E-state index is 0.659. The van der Waals surface area contributed by atoms with Crippen LogP contribution in [0.25, 0.3) is 21.9 Å². The fraction of sp³-hybridized carbons (Fsp3) is 0.310. The standard InChI is InChI=1S/C29H30ClN7O2/c1-38-23-7-5-20(6-8-23)16-37-19-34-27-28(32-18-33-29(27)37)31-10-9-22-15-21-3-2-4-24(30)26(21)25(35-22)17-36-11-13-39-14-12-36/h2-8,15,18-19H,9-14,16-17H2,1H3,(H,31,32,33). The molecule has 9 nitrogen and oxygen atoms in total. The normalized spacial score (nSPS) is 14.2. The van der Waals surface area contributed by atoms with Crippen LogP contribution in [0.3, 0.4) is 0 Å². The van der Waals surface area contributed by atoms with E-state index in [1.807, 2.05) is 41.0 Å². The highest BCUT2D eigenvalue weighted by molar-refractivity contribution is 6.35. The van der Waals surface area contributed by atoms with Crippen LogP contribution in [0.1, 0.15) is 17.0 Å². The van der Waals surface area contributed by atoms with Gasteiger partial charge in [-0.3, -0.25) is 9.88 Å². The summed E-state index contributed by atoms with van der Waals surface area (Å²) in [6, 6.07) is 16.2. The number of hydrogen-bond donors (Lipinski definition) is 1.